The molecular formula is C10H11N3O3. The van der Waals surface area contributed by atoms with Gasteiger partial charge in [-0.05, 0) is 23.7 Å². The fraction of sp³-hybridized carbons (Fsp3) is 0.300. The number of azide groups is 1. The Balaban J connectivity index is 3.09. The number of nitrogens with zero attached hydrogens (tertiary/aromatic N) is 3. The molecule has 0 bridgehead atoms. The normalized spacial score (nSPS) is 9.12. The summed E-state index contributed by atoms with van der Waals surface area (Å²) in [6, 6.07) is 4.80. The largest absolute Gasteiger partial charge is 0.496 e. The lowest BCUT2D eigenvalue weighted by atomic mass is 10.1. The van der Waals surface area contributed by atoms with Gasteiger partial charge in [0.25, 0.3) is 0 Å². The van der Waals surface area contributed by atoms with Crippen LogP contribution in [0.3, 0.4) is 0 Å². The molecule has 0 saturated carbocycles. The second-order valence-corrected chi connectivity index (χ2v) is 2.91. The van der Waals surface area contributed by atoms with Gasteiger partial charge in [-0.15, -0.1) is 0 Å². The number of esters is 1. The van der Waals surface area contributed by atoms with E-state index in [1.54, 1.807) is 18.2 Å². The molecule has 1 aromatic rings. The van der Waals surface area contributed by atoms with Gasteiger partial charge in [-0.25, -0.2) is 4.79 Å². The zero-order valence-electron chi connectivity index (χ0n) is 9.01. The first-order valence-corrected chi connectivity index (χ1v) is 4.49. The van der Waals surface area contributed by atoms with Crippen LogP contribution in [0.4, 0.5) is 0 Å². The lowest BCUT2D eigenvalue weighted by Gasteiger charge is -2.07. The van der Waals surface area contributed by atoms with Crippen LogP contribution in [0.5, 0.6) is 5.75 Å². The van der Waals surface area contributed by atoms with Crippen molar-refractivity contribution in [1.29, 1.82) is 0 Å². The highest BCUT2D eigenvalue weighted by Gasteiger charge is 2.09. The maximum absolute atomic E-state index is 11.3. The molecule has 0 saturated heterocycles. The Labute approximate surface area is 92.4 Å². The lowest BCUT2D eigenvalue weighted by Crippen LogP contribution is -2.02. The van der Waals surface area contributed by atoms with Gasteiger partial charge in [-0.2, -0.15) is 0 Å². The first kappa shape index (κ1) is 11.9. The van der Waals surface area contributed by atoms with Gasteiger partial charge >= 0.3 is 5.97 Å². The summed E-state index contributed by atoms with van der Waals surface area (Å²) < 4.78 is 9.66. The van der Waals surface area contributed by atoms with Crippen molar-refractivity contribution in [2.24, 2.45) is 5.11 Å². The second kappa shape index (κ2) is 5.63. The van der Waals surface area contributed by atoms with E-state index in [-0.39, 0.29) is 6.54 Å². The molecule has 0 aromatic heterocycles. The van der Waals surface area contributed by atoms with Gasteiger partial charge in [0.15, 0.2) is 0 Å². The molecule has 0 unspecified atom stereocenters. The predicted octanol–water partition coefficient (Wildman–Crippen LogP) is 2.29. The van der Waals surface area contributed by atoms with Crippen LogP contribution in [0.15, 0.2) is 23.3 Å². The zero-order valence-corrected chi connectivity index (χ0v) is 9.01. The minimum Gasteiger partial charge on any atom is -0.496 e. The highest BCUT2D eigenvalue weighted by molar-refractivity contribution is 5.89. The molecule has 1 aromatic carbocycles. The van der Waals surface area contributed by atoms with Crippen LogP contribution in [-0.4, -0.2) is 20.2 Å². The third-order valence-electron chi connectivity index (χ3n) is 2.01. The van der Waals surface area contributed by atoms with Crippen molar-refractivity contribution in [3.05, 3.63) is 39.8 Å². The van der Waals surface area contributed by atoms with Crippen molar-refractivity contribution >= 4 is 5.97 Å². The van der Waals surface area contributed by atoms with Crippen molar-refractivity contribution < 1.29 is 14.3 Å². The number of methoxy groups -OCH3 is 2. The zero-order chi connectivity index (χ0) is 12.0. The van der Waals surface area contributed by atoms with E-state index in [9.17, 15) is 4.79 Å². The number of hydrogen-bond acceptors (Lipinski definition) is 4. The summed E-state index contributed by atoms with van der Waals surface area (Å²) in [7, 11) is 2.81. The molecule has 0 heterocycles. The van der Waals surface area contributed by atoms with Gasteiger partial charge in [-0.1, -0.05) is 5.11 Å². The molecule has 16 heavy (non-hydrogen) atoms. The van der Waals surface area contributed by atoms with E-state index < -0.39 is 5.97 Å². The van der Waals surface area contributed by atoms with Crippen LogP contribution in [-0.2, 0) is 11.3 Å². The SMILES string of the molecule is COC(=O)c1ccc(OC)c(CN=[N+]=[N-])c1. The molecule has 0 radical (unpaired) electrons. The smallest absolute Gasteiger partial charge is 0.337 e. The summed E-state index contributed by atoms with van der Waals surface area (Å²) in [6.07, 6.45) is 0. The maximum atomic E-state index is 11.3. The third-order valence-corrected chi connectivity index (χ3v) is 2.01. The standard InChI is InChI=1S/C10H11N3O3/c1-15-9-4-3-7(10(14)16-2)5-8(9)6-12-13-11/h3-5H,6H2,1-2H3. The predicted molar refractivity (Wildman–Crippen MR) is 57.2 cm³/mol. The number of ether oxygens (including phenoxy) is 2. The number of hydrogen-bond donors (Lipinski definition) is 0. The van der Waals surface area contributed by atoms with E-state index in [0.29, 0.717) is 16.9 Å². The number of carbonyl (C=O) groups is 1. The molecule has 0 spiro atoms. The summed E-state index contributed by atoms with van der Waals surface area (Å²) in [4.78, 5) is 13.9. The number of rotatable bonds is 4. The molecule has 0 fully saturated rings. The summed E-state index contributed by atoms with van der Waals surface area (Å²) in [5.41, 5.74) is 9.28. The third kappa shape index (κ3) is 2.65. The van der Waals surface area contributed by atoms with Gasteiger partial charge in [0.2, 0.25) is 0 Å². The monoisotopic (exact) mass is 221 g/mol. The van der Waals surface area contributed by atoms with Crippen LogP contribution < -0.4 is 4.74 Å². The molecule has 0 N–H and O–H groups in total. The van der Waals surface area contributed by atoms with E-state index >= 15 is 0 Å². The maximum Gasteiger partial charge on any atom is 0.337 e. The Bertz CT molecular complexity index is 439. The first-order chi connectivity index (χ1) is 7.72. The van der Waals surface area contributed by atoms with Crippen molar-refractivity contribution in [2.45, 2.75) is 6.54 Å². The van der Waals surface area contributed by atoms with Crippen molar-refractivity contribution in [3.63, 3.8) is 0 Å². The Morgan fingerprint density at radius 2 is 2.25 bits per heavy atom. The highest BCUT2D eigenvalue weighted by Crippen LogP contribution is 2.21. The van der Waals surface area contributed by atoms with E-state index in [1.165, 1.54) is 14.2 Å². The van der Waals surface area contributed by atoms with Gasteiger partial charge in [0.05, 0.1) is 26.3 Å². The first-order valence-electron chi connectivity index (χ1n) is 4.49. The van der Waals surface area contributed by atoms with Crippen molar-refractivity contribution in [1.82, 2.24) is 0 Å². The molecule has 6 heteroatoms. The Morgan fingerprint density at radius 3 is 2.81 bits per heavy atom. The molecule has 0 aliphatic rings. The highest BCUT2D eigenvalue weighted by atomic mass is 16.5. The molecular weight excluding hydrogens is 210 g/mol. The van der Waals surface area contributed by atoms with Gasteiger partial charge < -0.3 is 9.47 Å². The summed E-state index contributed by atoms with van der Waals surface area (Å²) in [5.74, 6) is 0.130. The Kier molecular flexibility index (Phi) is 4.17. The molecule has 0 aliphatic heterocycles. The van der Waals surface area contributed by atoms with Crippen molar-refractivity contribution in [2.75, 3.05) is 14.2 Å². The van der Waals surface area contributed by atoms with Crippen LogP contribution in [0, 0.1) is 0 Å². The lowest BCUT2D eigenvalue weighted by molar-refractivity contribution is 0.0600. The topological polar surface area (TPSA) is 84.3 Å². The molecule has 6 nitrogen and oxygen atoms in total. The summed E-state index contributed by atoms with van der Waals surface area (Å²) in [5, 5.41) is 3.43. The molecule has 0 aliphatic carbocycles. The van der Waals surface area contributed by atoms with E-state index in [0.717, 1.165) is 0 Å². The van der Waals surface area contributed by atoms with Crippen LogP contribution in [0.25, 0.3) is 10.4 Å². The average molecular weight is 221 g/mol. The average Bonchev–Trinajstić information content (AvgIpc) is 2.34. The number of benzene rings is 1. The molecule has 84 valence electrons. The van der Waals surface area contributed by atoms with Gasteiger partial charge in [-0.3, -0.25) is 0 Å². The van der Waals surface area contributed by atoms with E-state index in [1.807, 2.05) is 0 Å². The second-order valence-electron chi connectivity index (χ2n) is 2.91. The van der Waals surface area contributed by atoms with E-state index in [2.05, 4.69) is 14.8 Å². The fourth-order valence-electron chi connectivity index (χ4n) is 1.25. The van der Waals surface area contributed by atoms with Gasteiger partial charge in [0, 0.05) is 10.5 Å². The van der Waals surface area contributed by atoms with Gasteiger partial charge in [0.1, 0.15) is 5.75 Å². The molecule has 0 atom stereocenters. The van der Waals surface area contributed by atoms with Crippen LogP contribution >= 0.6 is 0 Å². The Hall–Kier alpha value is -2.20. The van der Waals surface area contributed by atoms with E-state index in [4.69, 9.17) is 10.3 Å². The minimum absolute atomic E-state index is 0.129. The summed E-state index contributed by atoms with van der Waals surface area (Å²) in [6.45, 7) is 0.129. The van der Waals surface area contributed by atoms with Crippen LogP contribution in [0.2, 0.25) is 0 Å². The van der Waals surface area contributed by atoms with Crippen LogP contribution in [0.1, 0.15) is 15.9 Å². The minimum atomic E-state index is -0.440. The number of carbonyl (C=O) groups excluding carboxylic acids is 1. The quantitative estimate of drug-likeness (QED) is 0.338. The molecule has 0 amide bonds. The molecule has 1 rings (SSSR count). The van der Waals surface area contributed by atoms with Crippen molar-refractivity contribution in [3.8, 4) is 5.75 Å². The summed E-state index contributed by atoms with van der Waals surface area (Å²) >= 11 is 0. The Morgan fingerprint density at radius 1 is 1.50 bits per heavy atom. The fourth-order valence-corrected chi connectivity index (χ4v) is 1.25.